The van der Waals surface area contributed by atoms with Crippen molar-refractivity contribution in [2.24, 2.45) is 5.92 Å². The third-order valence-electron chi connectivity index (χ3n) is 4.78. The predicted molar refractivity (Wildman–Crippen MR) is 90.2 cm³/mol. The van der Waals surface area contributed by atoms with E-state index in [-0.39, 0.29) is 5.41 Å². The van der Waals surface area contributed by atoms with Gasteiger partial charge in [-0.1, -0.05) is 70.9 Å². The molecular weight excluding hydrogens is 240 g/mol. The fraction of sp³-hybridized carbons (Fsp3) is 0.600. The largest absolute Gasteiger partial charge is 0.0683 e. The first-order valence-electron chi connectivity index (χ1n) is 8.29. The van der Waals surface area contributed by atoms with Crippen molar-refractivity contribution in [2.75, 3.05) is 0 Å². The molecule has 0 aromatic heterocycles. The molecule has 0 radical (unpaired) electrons. The number of allylic oxidation sites excluding steroid dienone is 1. The second-order valence-electron chi connectivity index (χ2n) is 7.15. The fourth-order valence-electron chi connectivity index (χ4n) is 3.42. The molecule has 0 spiro atoms. The van der Waals surface area contributed by atoms with E-state index in [4.69, 9.17) is 0 Å². The summed E-state index contributed by atoms with van der Waals surface area (Å²) in [5.74, 6) is 1.63. The summed E-state index contributed by atoms with van der Waals surface area (Å²) < 4.78 is 0. The minimum Gasteiger partial charge on any atom is -0.0683 e. The molecule has 0 heteroatoms. The molecule has 0 bridgehead atoms. The van der Waals surface area contributed by atoms with Crippen molar-refractivity contribution in [3.05, 3.63) is 40.5 Å². The summed E-state index contributed by atoms with van der Waals surface area (Å²) in [6, 6.07) is 7.12. The molecule has 0 nitrogen and oxygen atoms in total. The van der Waals surface area contributed by atoms with Crippen molar-refractivity contribution in [3.8, 4) is 0 Å². The van der Waals surface area contributed by atoms with Crippen LogP contribution in [0.2, 0.25) is 0 Å². The van der Waals surface area contributed by atoms with Crippen molar-refractivity contribution < 1.29 is 0 Å². The Bertz CT molecular complexity index is 495. The third kappa shape index (κ3) is 2.71. The van der Waals surface area contributed by atoms with Gasteiger partial charge in [-0.25, -0.2) is 0 Å². The molecular formula is C20H30. The molecule has 0 saturated heterocycles. The highest BCUT2D eigenvalue weighted by molar-refractivity contribution is 5.67. The van der Waals surface area contributed by atoms with E-state index in [1.54, 1.807) is 11.1 Å². The van der Waals surface area contributed by atoms with Crippen LogP contribution in [0.5, 0.6) is 0 Å². The van der Waals surface area contributed by atoms with Gasteiger partial charge >= 0.3 is 0 Å². The van der Waals surface area contributed by atoms with Gasteiger partial charge in [-0.05, 0) is 47.8 Å². The van der Waals surface area contributed by atoms with Crippen LogP contribution in [0.1, 0.15) is 83.4 Å². The lowest BCUT2D eigenvalue weighted by Gasteiger charge is -2.33. The van der Waals surface area contributed by atoms with Gasteiger partial charge in [0.25, 0.3) is 0 Å². The maximum Gasteiger partial charge on any atom is 0.00830 e. The molecule has 1 unspecified atom stereocenters. The van der Waals surface area contributed by atoms with E-state index >= 15 is 0 Å². The van der Waals surface area contributed by atoms with Crippen LogP contribution in [0.4, 0.5) is 0 Å². The molecule has 20 heavy (non-hydrogen) atoms. The van der Waals surface area contributed by atoms with Gasteiger partial charge in [0.15, 0.2) is 0 Å². The van der Waals surface area contributed by atoms with E-state index < -0.39 is 0 Å². The molecule has 1 atom stereocenters. The molecule has 1 saturated carbocycles. The van der Waals surface area contributed by atoms with E-state index in [1.165, 1.54) is 30.4 Å². The Morgan fingerprint density at radius 2 is 1.70 bits per heavy atom. The lowest BCUT2D eigenvalue weighted by Crippen LogP contribution is -2.20. The SMILES string of the molecule is CC.CC1=Cc2ccc(C(C)(C)C)cc2C1C1CCC1. The lowest BCUT2D eigenvalue weighted by molar-refractivity contribution is 0.283. The van der Waals surface area contributed by atoms with Crippen molar-refractivity contribution in [1.29, 1.82) is 0 Å². The topological polar surface area (TPSA) is 0 Å². The number of rotatable bonds is 1. The van der Waals surface area contributed by atoms with Gasteiger partial charge in [-0.3, -0.25) is 0 Å². The molecule has 1 aromatic rings. The van der Waals surface area contributed by atoms with Crippen molar-refractivity contribution in [3.63, 3.8) is 0 Å². The third-order valence-corrected chi connectivity index (χ3v) is 4.78. The average Bonchev–Trinajstić information content (AvgIpc) is 2.65. The quantitative estimate of drug-likeness (QED) is 0.561. The van der Waals surface area contributed by atoms with Crippen LogP contribution < -0.4 is 0 Å². The Morgan fingerprint density at radius 3 is 2.20 bits per heavy atom. The van der Waals surface area contributed by atoms with Gasteiger partial charge in [-0.15, -0.1) is 0 Å². The Kier molecular flexibility index (Phi) is 4.42. The standard InChI is InChI=1S/C18H24.C2H6/c1-12-10-14-8-9-15(18(2,3)4)11-16(14)17(12)13-6-5-7-13;1-2/h8-11,13,17H,5-7H2,1-4H3;1-2H3. The Balaban J connectivity index is 0.000000704. The summed E-state index contributed by atoms with van der Waals surface area (Å²) in [7, 11) is 0. The second-order valence-corrected chi connectivity index (χ2v) is 7.15. The molecule has 1 aromatic carbocycles. The van der Waals surface area contributed by atoms with Gasteiger partial charge in [0.1, 0.15) is 0 Å². The highest BCUT2D eigenvalue weighted by atomic mass is 14.4. The zero-order valence-electron chi connectivity index (χ0n) is 14.1. The maximum absolute atomic E-state index is 2.48. The smallest absolute Gasteiger partial charge is 0.00830 e. The summed E-state index contributed by atoms with van der Waals surface area (Å²) in [6.45, 7) is 13.2. The second kappa shape index (κ2) is 5.76. The van der Waals surface area contributed by atoms with Crippen LogP contribution in [-0.4, -0.2) is 0 Å². The number of benzene rings is 1. The Labute approximate surface area is 125 Å². The summed E-state index contributed by atoms with van der Waals surface area (Å²) in [6.07, 6.45) is 6.69. The van der Waals surface area contributed by atoms with Gasteiger partial charge in [0.05, 0.1) is 0 Å². The number of hydrogen-bond donors (Lipinski definition) is 0. The zero-order chi connectivity index (χ0) is 14.9. The predicted octanol–water partition coefficient (Wildman–Crippen LogP) is 6.31. The number of fused-ring (bicyclic) bond motifs is 1. The molecule has 110 valence electrons. The highest BCUT2D eigenvalue weighted by Gasteiger charge is 2.34. The Hall–Kier alpha value is -1.04. The highest BCUT2D eigenvalue weighted by Crippen LogP contribution is 2.49. The number of hydrogen-bond acceptors (Lipinski definition) is 0. The van der Waals surface area contributed by atoms with Crippen molar-refractivity contribution in [2.45, 2.75) is 72.1 Å². The molecule has 2 aliphatic carbocycles. The van der Waals surface area contributed by atoms with Crippen LogP contribution in [-0.2, 0) is 5.41 Å². The summed E-state index contributed by atoms with van der Waals surface area (Å²) >= 11 is 0. The first kappa shape index (κ1) is 15.4. The monoisotopic (exact) mass is 270 g/mol. The summed E-state index contributed by atoms with van der Waals surface area (Å²) in [4.78, 5) is 0. The molecule has 1 fully saturated rings. The van der Waals surface area contributed by atoms with Gasteiger partial charge in [0, 0.05) is 5.92 Å². The Morgan fingerprint density at radius 1 is 1.05 bits per heavy atom. The summed E-state index contributed by atoms with van der Waals surface area (Å²) in [5.41, 5.74) is 6.40. The molecule has 3 rings (SSSR count). The van der Waals surface area contributed by atoms with Gasteiger partial charge in [0.2, 0.25) is 0 Å². The molecule has 0 heterocycles. The maximum atomic E-state index is 2.48. The van der Waals surface area contributed by atoms with E-state index in [1.807, 2.05) is 13.8 Å². The minimum atomic E-state index is 0.260. The van der Waals surface area contributed by atoms with Crippen molar-refractivity contribution >= 4 is 6.08 Å². The van der Waals surface area contributed by atoms with Crippen LogP contribution >= 0.6 is 0 Å². The zero-order valence-corrected chi connectivity index (χ0v) is 14.1. The van der Waals surface area contributed by atoms with Crippen molar-refractivity contribution in [1.82, 2.24) is 0 Å². The minimum absolute atomic E-state index is 0.260. The molecule has 0 aliphatic heterocycles. The van der Waals surface area contributed by atoms with Crippen LogP contribution in [0.25, 0.3) is 6.08 Å². The molecule has 0 amide bonds. The van der Waals surface area contributed by atoms with E-state index in [9.17, 15) is 0 Å². The van der Waals surface area contributed by atoms with Crippen LogP contribution in [0.15, 0.2) is 23.8 Å². The molecule has 0 N–H and O–H groups in total. The molecule has 2 aliphatic rings. The normalized spacial score (nSPS) is 21.5. The van der Waals surface area contributed by atoms with Crippen LogP contribution in [0.3, 0.4) is 0 Å². The van der Waals surface area contributed by atoms with Gasteiger partial charge in [-0.2, -0.15) is 0 Å². The van der Waals surface area contributed by atoms with Crippen LogP contribution in [0, 0.1) is 5.92 Å². The fourth-order valence-corrected chi connectivity index (χ4v) is 3.42. The first-order valence-corrected chi connectivity index (χ1v) is 8.29. The van der Waals surface area contributed by atoms with E-state index in [0.717, 1.165) is 11.8 Å². The van der Waals surface area contributed by atoms with E-state index in [0.29, 0.717) is 0 Å². The summed E-state index contributed by atoms with van der Waals surface area (Å²) in [5, 5.41) is 0. The van der Waals surface area contributed by atoms with E-state index in [2.05, 4.69) is 52.0 Å². The lowest BCUT2D eigenvalue weighted by atomic mass is 9.71. The first-order chi connectivity index (χ1) is 9.47. The average molecular weight is 270 g/mol. The van der Waals surface area contributed by atoms with Gasteiger partial charge < -0.3 is 0 Å².